The number of nitrogens with zero attached hydrogens (tertiary/aromatic N) is 2. The van der Waals surface area contributed by atoms with Crippen LogP contribution in [0.1, 0.15) is 56.4 Å². The molecule has 1 fully saturated rings. The van der Waals surface area contributed by atoms with Crippen molar-refractivity contribution in [2.24, 2.45) is 15.9 Å². The van der Waals surface area contributed by atoms with Crippen LogP contribution in [0.5, 0.6) is 0 Å². The van der Waals surface area contributed by atoms with Crippen molar-refractivity contribution < 1.29 is 22.6 Å². The summed E-state index contributed by atoms with van der Waals surface area (Å²) in [6, 6.07) is 2.20. The molecule has 0 radical (unpaired) electrons. The van der Waals surface area contributed by atoms with Gasteiger partial charge in [0.1, 0.15) is 5.84 Å². The minimum absolute atomic E-state index is 0.0779. The molecule has 1 aromatic carbocycles. The van der Waals surface area contributed by atoms with Crippen molar-refractivity contribution in [1.29, 1.82) is 0 Å². The predicted octanol–water partition coefficient (Wildman–Crippen LogP) is 4.02. The number of hydrogen-bond donors (Lipinski definition) is 1. The fraction of sp³-hybridized carbons (Fsp3) is 0.579. The van der Waals surface area contributed by atoms with Gasteiger partial charge in [-0.15, -0.1) is 5.10 Å². The van der Waals surface area contributed by atoms with E-state index in [4.69, 9.17) is 15.2 Å². The number of rotatable bonds is 8. The first-order valence-electron chi connectivity index (χ1n) is 9.31. The lowest BCUT2D eigenvalue weighted by atomic mass is 9.87. The molecule has 0 saturated carbocycles. The molecular weight excluding hydrogens is 359 g/mol. The third kappa shape index (κ3) is 5.07. The molecule has 3 rings (SSSR count). The summed E-state index contributed by atoms with van der Waals surface area (Å²) >= 11 is 0. The molecule has 1 aromatic rings. The summed E-state index contributed by atoms with van der Waals surface area (Å²) in [6.45, 7) is 1.26. The molecule has 0 amide bonds. The van der Waals surface area contributed by atoms with Gasteiger partial charge in [-0.25, -0.2) is 13.2 Å². The maximum absolute atomic E-state index is 14.3. The molecule has 148 valence electrons. The number of unbranched alkanes of at least 4 members (excludes halogenated alkanes) is 1. The molecule has 2 atom stereocenters. The van der Waals surface area contributed by atoms with Gasteiger partial charge < -0.3 is 15.2 Å². The van der Waals surface area contributed by atoms with E-state index in [1.807, 2.05) is 0 Å². The lowest BCUT2D eigenvalue weighted by Gasteiger charge is -2.23. The Labute approximate surface area is 156 Å². The van der Waals surface area contributed by atoms with Crippen LogP contribution in [0.25, 0.3) is 0 Å². The maximum atomic E-state index is 14.3. The molecule has 2 unspecified atom stereocenters. The van der Waals surface area contributed by atoms with Crippen molar-refractivity contribution in [1.82, 2.24) is 0 Å². The first kappa shape index (κ1) is 19.8. The van der Waals surface area contributed by atoms with Gasteiger partial charge in [0.05, 0.1) is 5.71 Å². The van der Waals surface area contributed by atoms with E-state index in [-0.39, 0.29) is 11.9 Å². The Bertz CT molecular complexity index is 718. The summed E-state index contributed by atoms with van der Waals surface area (Å²) < 4.78 is 52.5. The lowest BCUT2D eigenvalue weighted by Crippen LogP contribution is -2.23. The number of ether oxygens (including phenoxy) is 2. The first-order chi connectivity index (χ1) is 13.1. The summed E-state index contributed by atoms with van der Waals surface area (Å²) in [5, 5.41) is 7.79. The Morgan fingerprint density at radius 1 is 1.15 bits per heavy atom. The second-order valence-corrected chi connectivity index (χ2v) is 6.84. The largest absolute Gasteiger partial charge is 0.385 e. The topological polar surface area (TPSA) is 69.2 Å². The van der Waals surface area contributed by atoms with Gasteiger partial charge in [-0.05, 0) is 43.7 Å². The lowest BCUT2D eigenvalue weighted by molar-refractivity contribution is -0.162. The van der Waals surface area contributed by atoms with Gasteiger partial charge in [-0.3, -0.25) is 0 Å². The molecule has 2 aliphatic rings. The van der Waals surface area contributed by atoms with Gasteiger partial charge in [-0.2, -0.15) is 5.10 Å². The minimum Gasteiger partial charge on any atom is -0.385 e. The molecule has 2 N–H and O–H groups in total. The molecular formula is C19H24F3N3O2. The summed E-state index contributed by atoms with van der Waals surface area (Å²) in [5.41, 5.74) is 6.31. The maximum Gasteiger partial charge on any atom is 0.194 e. The number of nitrogens with two attached hydrogens (primary N) is 1. The highest BCUT2D eigenvalue weighted by Crippen LogP contribution is 2.31. The zero-order chi connectivity index (χ0) is 19.2. The molecule has 27 heavy (non-hydrogen) atoms. The first-order valence-corrected chi connectivity index (χ1v) is 9.31. The Hall–Kier alpha value is -1.93. The highest BCUT2D eigenvalue weighted by atomic mass is 19.2. The predicted molar refractivity (Wildman–Crippen MR) is 96.1 cm³/mol. The van der Waals surface area contributed by atoms with Crippen LogP contribution >= 0.6 is 0 Å². The summed E-state index contributed by atoms with van der Waals surface area (Å²) in [6.07, 6.45) is 5.17. The smallest absolute Gasteiger partial charge is 0.194 e. The Kier molecular flexibility index (Phi) is 6.84. The molecule has 0 bridgehead atoms. The second kappa shape index (κ2) is 9.32. The number of halogens is 3. The number of amidine groups is 1. The Morgan fingerprint density at radius 3 is 2.70 bits per heavy atom. The summed E-state index contributed by atoms with van der Waals surface area (Å²) in [5.74, 6) is -4.03. The van der Waals surface area contributed by atoms with Crippen LogP contribution in [0.15, 0.2) is 22.3 Å². The minimum atomic E-state index is -1.47. The quantitative estimate of drug-likeness (QED) is 0.545. The van der Waals surface area contributed by atoms with E-state index in [1.54, 1.807) is 0 Å². The van der Waals surface area contributed by atoms with Gasteiger partial charge in [0.25, 0.3) is 0 Å². The van der Waals surface area contributed by atoms with Crippen molar-refractivity contribution in [2.75, 3.05) is 13.2 Å². The number of benzene rings is 1. The van der Waals surface area contributed by atoms with Crippen LogP contribution in [0.4, 0.5) is 13.2 Å². The van der Waals surface area contributed by atoms with Gasteiger partial charge >= 0.3 is 0 Å². The highest BCUT2D eigenvalue weighted by Gasteiger charge is 2.27. The van der Waals surface area contributed by atoms with Crippen LogP contribution < -0.4 is 5.73 Å². The van der Waals surface area contributed by atoms with E-state index < -0.39 is 23.4 Å². The fourth-order valence-corrected chi connectivity index (χ4v) is 3.40. The van der Waals surface area contributed by atoms with E-state index in [0.29, 0.717) is 37.4 Å². The zero-order valence-electron chi connectivity index (χ0n) is 15.1. The van der Waals surface area contributed by atoms with Crippen LogP contribution in [-0.2, 0) is 9.47 Å². The van der Waals surface area contributed by atoms with Crippen molar-refractivity contribution in [3.63, 3.8) is 0 Å². The molecule has 8 heteroatoms. The summed E-state index contributed by atoms with van der Waals surface area (Å²) in [4.78, 5) is 0. The monoisotopic (exact) mass is 383 g/mol. The van der Waals surface area contributed by atoms with Crippen LogP contribution in [0.2, 0.25) is 0 Å². The van der Waals surface area contributed by atoms with Crippen LogP contribution in [0.3, 0.4) is 0 Å². The van der Waals surface area contributed by atoms with Gasteiger partial charge in [0.2, 0.25) is 0 Å². The van der Waals surface area contributed by atoms with E-state index >= 15 is 0 Å². The molecule has 5 nitrogen and oxygen atoms in total. The van der Waals surface area contributed by atoms with E-state index in [2.05, 4.69) is 10.2 Å². The van der Waals surface area contributed by atoms with Crippen molar-refractivity contribution in [3.05, 3.63) is 35.1 Å². The molecule has 2 aliphatic heterocycles. The Morgan fingerprint density at radius 2 is 2.00 bits per heavy atom. The SMILES string of the molecule is NC1=NN=C(C(CCCCOC2CCCCO2)c2ccc(F)c(F)c2F)C1. The van der Waals surface area contributed by atoms with Gasteiger partial charge in [0, 0.05) is 25.6 Å². The second-order valence-electron chi connectivity index (χ2n) is 6.84. The van der Waals surface area contributed by atoms with Crippen molar-refractivity contribution >= 4 is 11.5 Å². The molecule has 0 aliphatic carbocycles. The van der Waals surface area contributed by atoms with Crippen molar-refractivity contribution in [3.8, 4) is 0 Å². The third-order valence-electron chi connectivity index (χ3n) is 4.84. The van der Waals surface area contributed by atoms with E-state index in [1.165, 1.54) is 6.07 Å². The molecule has 0 aromatic heterocycles. The third-order valence-corrected chi connectivity index (χ3v) is 4.84. The Balaban J connectivity index is 1.59. The van der Waals surface area contributed by atoms with E-state index in [0.717, 1.165) is 38.4 Å². The normalized spacial score (nSPS) is 21.1. The molecule has 1 saturated heterocycles. The van der Waals surface area contributed by atoms with E-state index in [9.17, 15) is 13.2 Å². The molecule has 2 heterocycles. The molecule has 0 spiro atoms. The van der Waals surface area contributed by atoms with Gasteiger partial charge in [-0.1, -0.05) is 12.5 Å². The average Bonchev–Trinajstić information content (AvgIpc) is 3.10. The average molecular weight is 383 g/mol. The highest BCUT2D eigenvalue weighted by molar-refractivity contribution is 6.08. The summed E-state index contributed by atoms with van der Waals surface area (Å²) in [7, 11) is 0. The van der Waals surface area contributed by atoms with Crippen LogP contribution in [-0.4, -0.2) is 31.1 Å². The fourth-order valence-electron chi connectivity index (χ4n) is 3.40. The standard InChI is InChI=1S/C19H24F3N3O2/c20-14-8-7-13(18(21)19(14)22)12(15-11-16(23)25-24-15)5-1-3-9-26-17-6-2-4-10-27-17/h7-8,12,17H,1-6,9-11H2,(H2,23,25). The van der Waals surface area contributed by atoms with Crippen LogP contribution in [0, 0.1) is 17.5 Å². The zero-order valence-corrected chi connectivity index (χ0v) is 15.1. The van der Waals surface area contributed by atoms with Crippen molar-refractivity contribution in [2.45, 2.75) is 57.2 Å². The number of hydrogen-bond acceptors (Lipinski definition) is 5. The van der Waals surface area contributed by atoms with Gasteiger partial charge in [0.15, 0.2) is 23.7 Å².